The van der Waals surface area contributed by atoms with Crippen molar-refractivity contribution in [2.75, 3.05) is 13.1 Å². The fourth-order valence-corrected chi connectivity index (χ4v) is 2.77. The number of aromatic nitrogens is 1. The maximum absolute atomic E-state index is 11.7. The Labute approximate surface area is 124 Å². The SMILES string of the molecule is Cc1cc(-c2ccc(CN3CC(O)C3)cc2)cn(C)c1=O. The predicted octanol–water partition coefficient (Wildman–Crippen LogP) is 1.54. The highest BCUT2D eigenvalue weighted by molar-refractivity contribution is 5.63. The zero-order valence-electron chi connectivity index (χ0n) is 12.4. The number of β-amino-alcohol motifs (C(OH)–C–C–N with tert-alkyl or cyclic N) is 1. The molecular weight excluding hydrogens is 264 g/mol. The highest BCUT2D eigenvalue weighted by Gasteiger charge is 2.23. The number of benzene rings is 1. The molecular formula is C17H20N2O2. The van der Waals surface area contributed by atoms with Gasteiger partial charge < -0.3 is 9.67 Å². The summed E-state index contributed by atoms with van der Waals surface area (Å²) in [7, 11) is 1.78. The first-order valence-electron chi connectivity index (χ1n) is 7.20. The molecule has 1 aliphatic heterocycles. The van der Waals surface area contributed by atoms with E-state index in [4.69, 9.17) is 0 Å². The summed E-state index contributed by atoms with van der Waals surface area (Å²) in [5, 5.41) is 9.29. The van der Waals surface area contributed by atoms with Gasteiger partial charge in [-0.05, 0) is 29.7 Å². The summed E-state index contributed by atoms with van der Waals surface area (Å²) in [5.41, 5.74) is 4.22. The average molecular weight is 284 g/mol. The van der Waals surface area contributed by atoms with Crippen LogP contribution in [0.1, 0.15) is 11.1 Å². The van der Waals surface area contributed by atoms with E-state index in [1.54, 1.807) is 11.6 Å². The largest absolute Gasteiger partial charge is 0.390 e. The van der Waals surface area contributed by atoms with Crippen LogP contribution in [0.2, 0.25) is 0 Å². The van der Waals surface area contributed by atoms with Crippen molar-refractivity contribution in [3.63, 3.8) is 0 Å². The van der Waals surface area contributed by atoms with E-state index in [2.05, 4.69) is 29.2 Å². The Morgan fingerprint density at radius 3 is 2.43 bits per heavy atom. The zero-order chi connectivity index (χ0) is 15.0. The fourth-order valence-electron chi connectivity index (χ4n) is 2.77. The molecule has 1 N–H and O–H groups in total. The Kier molecular flexibility index (Phi) is 3.66. The number of rotatable bonds is 3. The predicted molar refractivity (Wildman–Crippen MR) is 83.1 cm³/mol. The lowest BCUT2D eigenvalue weighted by Crippen LogP contribution is -2.49. The van der Waals surface area contributed by atoms with Crippen LogP contribution in [-0.2, 0) is 13.6 Å². The van der Waals surface area contributed by atoms with Crippen molar-refractivity contribution in [1.82, 2.24) is 9.47 Å². The van der Waals surface area contributed by atoms with E-state index in [9.17, 15) is 9.90 Å². The number of hydrogen-bond donors (Lipinski definition) is 1. The van der Waals surface area contributed by atoms with Gasteiger partial charge in [-0.3, -0.25) is 9.69 Å². The highest BCUT2D eigenvalue weighted by Crippen LogP contribution is 2.21. The van der Waals surface area contributed by atoms with Gasteiger partial charge >= 0.3 is 0 Å². The molecule has 1 aromatic carbocycles. The minimum absolute atomic E-state index is 0.0479. The van der Waals surface area contributed by atoms with Gasteiger partial charge in [0.1, 0.15) is 0 Å². The topological polar surface area (TPSA) is 45.5 Å². The van der Waals surface area contributed by atoms with Crippen LogP contribution < -0.4 is 5.56 Å². The first kappa shape index (κ1) is 14.0. The molecule has 110 valence electrons. The maximum atomic E-state index is 11.7. The summed E-state index contributed by atoms with van der Waals surface area (Å²) >= 11 is 0. The number of aliphatic hydroxyl groups is 1. The second-order valence-electron chi connectivity index (χ2n) is 5.87. The van der Waals surface area contributed by atoms with Crippen LogP contribution in [0.3, 0.4) is 0 Å². The van der Waals surface area contributed by atoms with Crippen molar-refractivity contribution in [3.8, 4) is 11.1 Å². The van der Waals surface area contributed by atoms with E-state index < -0.39 is 0 Å². The normalized spacial score (nSPS) is 16.0. The van der Waals surface area contributed by atoms with Gasteiger partial charge in [-0.15, -0.1) is 0 Å². The number of aliphatic hydroxyl groups excluding tert-OH is 1. The van der Waals surface area contributed by atoms with Crippen LogP contribution in [0.5, 0.6) is 0 Å². The molecule has 4 nitrogen and oxygen atoms in total. The minimum Gasteiger partial charge on any atom is -0.390 e. The molecule has 1 fully saturated rings. The van der Waals surface area contributed by atoms with Gasteiger partial charge in [-0.25, -0.2) is 0 Å². The molecule has 0 bridgehead atoms. The van der Waals surface area contributed by atoms with Gasteiger partial charge in [-0.2, -0.15) is 0 Å². The lowest BCUT2D eigenvalue weighted by molar-refractivity contribution is -0.00286. The van der Waals surface area contributed by atoms with E-state index >= 15 is 0 Å². The number of pyridine rings is 1. The van der Waals surface area contributed by atoms with Gasteiger partial charge in [-0.1, -0.05) is 24.3 Å². The molecule has 1 saturated heterocycles. The number of nitrogens with zero attached hydrogens (tertiary/aromatic N) is 2. The summed E-state index contributed by atoms with van der Waals surface area (Å²) in [6.07, 6.45) is 1.72. The summed E-state index contributed by atoms with van der Waals surface area (Å²) in [4.78, 5) is 13.9. The molecule has 4 heteroatoms. The molecule has 1 aliphatic rings. The molecule has 0 amide bonds. The first-order chi connectivity index (χ1) is 10.0. The van der Waals surface area contributed by atoms with Gasteiger partial charge in [0.05, 0.1) is 6.10 Å². The Hall–Kier alpha value is -1.91. The lowest BCUT2D eigenvalue weighted by Gasteiger charge is -2.35. The molecule has 21 heavy (non-hydrogen) atoms. The maximum Gasteiger partial charge on any atom is 0.253 e. The summed E-state index contributed by atoms with van der Waals surface area (Å²) in [6, 6.07) is 10.3. The molecule has 0 radical (unpaired) electrons. The van der Waals surface area contributed by atoms with E-state index in [0.29, 0.717) is 0 Å². The van der Waals surface area contributed by atoms with Crippen LogP contribution in [0.15, 0.2) is 41.3 Å². The van der Waals surface area contributed by atoms with Gasteiger partial charge in [0.2, 0.25) is 0 Å². The van der Waals surface area contributed by atoms with Crippen molar-refractivity contribution in [1.29, 1.82) is 0 Å². The van der Waals surface area contributed by atoms with Gasteiger partial charge in [0.25, 0.3) is 5.56 Å². The summed E-state index contributed by atoms with van der Waals surface area (Å²) in [6.45, 7) is 4.25. The molecule has 0 saturated carbocycles. The van der Waals surface area contributed by atoms with Crippen LogP contribution in [0, 0.1) is 6.92 Å². The van der Waals surface area contributed by atoms with Gasteiger partial charge in [0, 0.05) is 38.4 Å². The molecule has 0 spiro atoms. The highest BCUT2D eigenvalue weighted by atomic mass is 16.3. The third-order valence-electron chi connectivity index (χ3n) is 3.99. The van der Waals surface area contributed by atoms with Crippen molar-refractivity contribution in [3.05, 3.63) is 58.0 Å². The Morgan fingerprint density at radius 2 is 1.86 bits per heavy atom. The lowest BCUT2D eigenvalue weighted by atomic mass is 10.0. The van der Waals surface area contributed by atoms with Crippen LogP contribution >= 0.6 is 0 Å². The molecule has 3 rings (SSSR count). The number of likely N-dealkylation sites (tertiary alicyclic amines) is 1. The summed E-state index contributed by atoms with van der Waals surface area (Å²) < 4.78 is 1.63. The number of aryl methyl sites for hydroxylation is 2. The van der Waals surface area contributed by atoms with Crippen LogP contribution in [0.4, 0.5) is 0 Å². The van der Waals surface area contributed by atoms with Crippen molar-refractivity contribution in [2.24, 2.45) is 7.05 Å². The van der Waals surface area contributed by atoms with E-state index in [1.165, 1.54) is 5.56 Å². The molecule has 0 atom stereocenters. The second-order valence-corrected chi connectivity index (χ2v) is 5.87. The minimum atomic E-state index is -0.155. The fraction of sp³-hybridized carbons (Fsp3) is 0.353. The van der Waals surface area contributed by atoms with Crippen molar-refractivity contribution < 1.29 is 5.11 Å². The van der Waals surface area contributed by atoms with E-state index in [-0.39, 0.29) is 11.7 Å². The average Bonchev–Trinajstić information content (AvgIpc) is 2.43. The van der Waals surface area contributed by atoms with E-state index in [1.807, 2.05) is 19.2 Å². The number of hydrogen-bond acceptors (Lipinski definition) is 3. The quantitative estimate of drug-likeness (QED) is 0.930. The second kappa shape index (κ2) is 5.47. The van der Waals surface area contributed by atoms with Gasteiger partial charge in [0.15, 0.2) is 0 Å². The zero-order valence-corrected chi connectivity index (χ0v) is 12.4. The molecule has 2 aromatic rings. The first-order valence-corrected chi connectivity index (χ1v) is 7.20. The van der Waals surface area contributed by atoms with Crippen molar-refractivity contribution >= 4 is 0 Å². The smallest absolute Gasteiger partial charge is 0.253 e. The third kappa shape index (κ3) is 2.91. The third-order valence-corrected chi connectivity index (χ3v) is 3.99. The van der Waals surface area contributed by atoms with Crippen molar-refractivity contribution in [2.45, 2.75) is 19.6 Å². The Morgan fingerprint density at radius 1 is 1.19 bits per heavy atom. The molecule has 1 aromatic heterocycles. The van der Waals surface area contributed by atoms with Crippen LogP contribution in [-0.4, -0.2) is 33.8 Å². The van der Waals surface area contributed by atoms with E-state index in [0.717, 1.165) is 36.3 Å². The molecule has 0 aliphatic carbocycles. The molecule has 2 heterocycles. The summed E-state index contributed by atoms with van der Waals surface area (Å²) in [5.74, 6) is 0. The monoisotopic (exact) mass is 284 g/mol. The standard InChI is InChI=1S/C17H20N2O2/c1-12-7-15(9-18(2)17(12)21)14-5-3-13(4-6-14)8-19-10-16(20)11-19/h3-7,9,16,20H,8,10-11H2,1-2H3. The Bertz CT molecular complexity index is 671. The Balaban J connectivity index is 1.79. The van der Waals surface area contributed by atoms with Crippen LogP contribution in [0.25, 0.3) is 11.1 Å². The molecule has 0 unspecified atom stereocenters.